The number of carbonyl (C=O) groups excluding carboxylic acids is 2. The molecular formula is C39H46N6O8S. The Morgan fingerprint density at radius 1 is 0.944 bits per heavy atom. The fraction of sp³-hybridized carbons (Fsp3) is 0.410. The molecule has 0 amide bonds. The van der Waals surface area contributed by atoms with Gasteiger partial charge < -0.3 is 18.8 Å². The van der Waals surface area contributed by atoms with Gasteiger partial charge in [0.2, 0.25) is 11.7 Å². The maximum absolute atomic E-state index is 13.3. The Bertz CT molecular complexity index is 2190. The zero-order valence-corrected chi connectivity index (χ0v) is 31.8. The topological polar surface area (TPSA) is 168 Å². The molecule has 1 saturated heterocycles. The molecule has 0 aliphatic carbocycles. The lowest BCUT2D eigenvalue weighted by Gasteiger charge is -2.31. The lowest BCUT2D eigenvalue weighted by atomic mass is 9.96. The summed E-state index contributed by atoms with van der Waals surface area (Å²) < 4.78 is 45.2. The summed E-state index contributed by atoms with van der Waals surface area (Å²) >= 11 is 0. The summed E-state index contributed by atoms with van der Waals surface area (Å²) in [5.74, 6) is 0.717. The van der Waals surface area contributed by atoms with E-state index in [0.29, 0.717) is 42.7 Å². The van der Waals surface area contributed by atoms with Crippen molar-refractivity contribution in [2.75, 3.05) is 32.6 Å². The number of tetrazole rings is 1. The number of carbonyl (C=O) groups is 2. The van der Waals surface area contributed by atoms with Crippen LogP contribution in [0.3, 0.4) is 0 Å². The van der Waals surface area contributed by atoms with Gasteiger partial charge in [-0.3, -0.25) is 9.45 Å². The average Bonchev–Trinajstić information content (AvgIpc) is 3.72. The Hall–Kier alpha value is -5.12. The van der Waals surface area contributed by atoms with Gasteiger partial charge in [-0.15, -0.1) is 10.2 Å². The summed E-state index contributed by atoms with van der Waals surface area (Å²) in [5.41, 5.74) is 5.10. The van der Waals surface area contributed by atoms with Gasteiger partial charge in [0.15, 0.2) is 6.54 Å². The third kappa shape index (κ3) is 10.1. The zero-order chi connectivity index (χ0) is 38.5. The molecule has 0 saturated carbocycles. The van der Waals surface area contributed by atoms with E-state index in [0.717, 1.165) is 73.0 Å². The van der Waals surface area contributed by atoms with Crippen LogP contribution in [0.4, 0.5) is 0 Å². The van der Waals surface area contributed by atoms with Crippen LogP contribution in [0.1, 0.15) is 56.0 Å². The van der Waals surface area contributed by atoms with E-state index in [1.165, 1.54) is 10.4 Å². The van der Waals surface area contributed by atoms with Gasteiger partial charge in [-0.1, -0.05) is 66.7 Å². The summed E-state index contributed by atoms with van der Waals surface area (Å²) in [6.45, 7) is 10.0. The molecule has 7 rings (SSSR count). The Morgan fingerprint density at radius 3 is 2.31 bits per heavy atom. The minimum Gasteiger partial charge on any atom is -0.478 e. The molecule has 3 aromatic carbocycles. The van der Waals surface area contributed by atoms with Gasteiger partial charge in [-0.2, -0.15) is 13.2 Å². The molecule has 0 atom stereocenters. The minimum atomic E-state index is -3.67. The molecule has 0 radical (unpaired) electrons. The molecule has 2 aromatic heterocycles. The SMILES string of the molecule is CC(C)(C)OC(=O)Cn1nnc(-c2ccccc2-c2ccc(CN3CCC(COC(=O)c4c5n(c6ccccc46)CCCO5)CC3)cc2)n1.CS(=O)(=O)O. The monoisotopic (exact) mass is 758 g/mol. The van der Waals surface area contributed by atoms with Gasteiger partial charge in [-0.25, -0.2) is 9.59 Å². The van der Waals surface area contributed by atoms with E-state index in [1.807, 2.05) is 69.3 Å². The lowest BCUT2D eigenvalue weighted by molar-refractivity contribution is -0.156. The number of aryl methyl sites for hydroxylation is 1. The van der Waals surface area contributed by atoms with E-state index >= 15 is 0 Å². The second-order valence-electron chi connectivity index (χ2n) is 14.6. The molecule has 14 nitrogen and oxygen atoms in total. The number of para-hydroxylation sites is 1. The summed E-state index contributed by atoms with van der Waals surface area (Å²) in [4.78, 5) is 29.3. The maximum Gasteiger partial charge on any atom is 0.344 e. The van der Waals surface area contributed by atoms with Gasteiger partial charge >= 0.3 is 11.9 Å². The Labute approximate surface area is 314 Å². The maximum atomic E-state index is 13.3. The van der Waals surface area contributed by atoms with Gasteiger partial charge in [-0.05, 0) is 87.0 Å². The smallest absolute Gasteiger partial charge is 0.344 e. The Kier molecular flexibility index (Phi) is 11.8. The molecule has 0 bridgehead atoms. The molecule has 286 valence electrons. The van der Waals surface area contributed by atoms with Gasteiger partial charge in [0, 0.05) is 24.0 Å². The van der Waals surface area contributed by atoms with Crippen LogP contribution in [-0.4, -0.2) is 92.7 Å². The number of ether oxygens (including phenoxy) is 3. The third-order valence-corrected chi connectivity index (χ3v) is 9.03. The third-order valence-electron chi connectivity index (χ3n) is 9.03. The number of likely N-dealkylation sites (tertiary alicyclic amines) is 1. The first kappa shape index (κ1) is 38.6. The molecule has 5 aromatic rings. The number of esters is 2. The first-order valence-corrected chi connectivity index (χ1v) is 19.8. The number of piperidine rings is 1. The largest absolute Gasteiger partial charge is 0.478 e. The average molecular weight is 759 g/mol. The van der Waals surface area contributed by atoms with Crippen LogP contribution in [0.5, 0.6) is 5.88 Å². The van der Waals surface area contributed by atoms with Crippen molar-refractivity contribution >= 4 is 33.0 Å². The van der Waals surface area contributed by atoms with Crippen molar-refractivity contribution in [3.63, 3.8) is 0 Å². The predicted molar refractivity (Wildman–Crippen MR) is 202 cm³/mol. The molecular weight excluding hydrogens is 713 g/mol. The highest BCUT2D eigenvalue weighted by molar-refractivity contribution is 7.85. The second kappa shape index (κ2) is 16.5. The Morgan fingerprint density at radius 2 is 1.61 bits per heavy atom. The normalized spacial score (nSPS) is 15.1. The van der Waals surface area contributed by atoms with Crippen LogP contribution in [0.2, 0.25) is 0 Å². The summed E-state index contributed by atoms with van der Waals surface area (Å²) in [5, 5.41) is 13.7. The van der Waals surface area contributed by atoms with Crippen molar-refractivity contribution in [2.45, 2.75) is 65.3 Å². The molecule has 2 aliphatic heterocycles. The van der Waals surface area contributed by atoms with Crippen molar-refractivity contribution in [3.8, 4) is 28.4 Å². The van der Waals surface area contributed by atoms with Crippen molar-refractivity contribution in [1.29, 1.82) is 0 Å². The van der Waals surface area contributed by atoms with Crippen LogP contribution < -0.4 is 4.74 Å². The van der Waals surface area contributed by atoms with E-state index in [-0.39, 0.29) is 12.5 Å². The first-order chi connectivity index (χ1) is 25.7. The number of nitrogens with zero attached hydrogens (tertiary/aromatic N) is 6. The highest BCUT2D eigenvalue weighted by Gasteiger charge is 2.28. The molecule has 0 unspecified atom stereocenters. The quantitative estimate of drug-likeness (QED) is 0.145. The highest BCUT2D eigenvalue weighted by Crippen LogP contribution is 2.35. The number of hydrogen-bond acceptors (Lipinski definition) is 11. The van der Waals surface area contributed by atoms with Crippen LogP contribution in [0, 0.1) is 5.92 Å². The molecule has 0 spiro atoms. The van der Waals surface area contributed by atoms with E-state index in [1.54, 1.807) is 0 Å². The molecule has 1 N–H and O–H groups in total. The van der Waals surface area contributed by atoms with Crippen molar-refractivity contribution in [1.82, 2.24) is 29.7 Å². The summed E-state index contributed by atoms with van der Waals surface area (Å²) in [6.07, 6.45) is 3.60. The molecule has 2 aliphatic rings. The Balaban J connectivity index is 0.000000934. The van der Waals surface area contributed by atoms with Crippen molar-refractivity contribution < 1.29 is 36.8 Å². The number of aromatic nitrogens is 5. The van der Waals surface area contributed by atoms with Gasteiger partial charge in [0.1, 0.15) is 11.2 Å². The van der Waals surface area contributed by atoms with E-state index in [2.05, 4.69) is 49.1 Å². The molecule has 1 fully saturated rings. The standard InChI is InChI=1S/C38H42N6O5.CH4O3S/c1-38(2,3)49-33(45)24-44-40-35(39-41-44)30-10-5-4-9-29(30)28-15-13-26(14-16-28)23-42-20-17-27(18-21-42)25-48-37(46)34-31-11-6-7-12-32(31)43-19-8-22-47-36(34)43;1-5(2,3)4/h4-7,9-16,27H,8,17-25H2,1-3H3;1H3,(H,2,3,4). The highest BCUT2D eigenvalue weighted by atomic mass is 32.2. The van der Waals surface area contributed by atoms with Crippen LogP contribution in [0.15, 0.2) is 72.8 Å². The fourth-order valence-corrected chi connectivity index (χ4v) is 6.70. The number of fused-ring (bicyclic) bond motifs is 3. The number of rotatable bonds is 9. The van der Waals surface area contributed by atoms with Crippen LogP contribution in [0.25, 0.3) is 33.4 Å². The molecule has 15 heteroatoms. The lowest BCUT2D eigenvalue weighted by Crippen LogP contribution is -2.35. The van der Waals surface area contributed by atoms with Gasteiger partial charge in [0.05, 0.1) is 25.0 Å². The molecule has 4 heterocycles. The van der Waals surface area contributed by atoms with Crippen molar-refractivity contribution in [3.05, 3.63) is 83.9 Å². The summed E-state index contributed by atoms with van der Waals surface area (Å²) in [7, 11) is -3.67. The number of hydrogen-bond donors (Lipinski definition) is 1. The van der Waals surface area contributed by atoms with Crippen LogP contribution in [-0.2, 0) is 44.0 Å². The fourth-order valence-electron chi connectivity index (χ4n) is 6.70. The predicted octanol–water partition coefficient (Wildman–Crippen LogP) is 5.66. The second-order valence-corrected chi connectivity index (χ2v) is 16.0. The zero-order valence-electron chi connectivity index (χ0n) is 31.0. The first-order valence-electron chi connectivity index (χ1n) is 18.0. The van der Waals surface area contributed by atoms with E-state index < -0.39 is 21.7 Å². The van der Waals surface area contributed by atoms with Crippen LogP contribution >= 0.6 is 0 Å². The van der Waals surface area contributed by atoms with Gasteiger partial charge in [0.25, 0.3) is 10.1 Å². The minimum absolute atomic E-state index is 0.105. The summed E-state index contributed by atoms with van der Waals surface area (Å²) in [6, 6.07) is 24.5. The molecule has 54 heavy (non-hydrogen) atoms. The van der Waals surface area contributed by atoms with E-state index in [4.69, 9.17) is 18.8 Å². The number of benzene rings is 3. The van der Waals surface area contributed by atoms with E-state index in [9.17, 15) is 18.0 Å². The van der Waals surface area contributed by atoms with Crippen molar-refractivity contribution in [2.24, 2.45) is 5.92 Å².